The maximum atomic E-state index is 12.8. The zero-order valence-electron chi connectivity index (χ0n) is 16.2. The quantitative estimate of drug-likeness (QED) is 0.539. The van der Waals surface area contributed by atoms with Crippen LogP contribution in [0.4, 0.5) is 0 Å². The average Bonchev–Trinajstić information content (AvgIpc) is 3.52. The number of carbonyl (C=O) groups excluding carboxylic acids is 1. The van der Waals surface area contributed by atoms with Gasteiger partial charge >= 0.3 is 0 Å². The fourth-order valence-corrected chi connectivity index (χ4v) is 3.61. The van der Waals surface area contributed by atoms with E-state index in [1.165, 1.54) is 0 Å². The van der Waals surface area contributed by atoms with Gasteiger partial charge in [-0.25, -0.2) is 0 Å². The molecule has 0 unspecified atom stereocenters. The number of nitrogens with zero attached hydrogens (tertiary/aromatic N) is 5. The Hall–Kier alpha value is -4.21. The van der Waals surface area contributed by atoms with Crippen LogP contribution in [0.3, 0.4) is 0 Å². The summed E-state index contributed by atoms with van der Waals surface area (Å²) in [4.78, 5) is 23.2. The summed E-state index contributed by atoms with van der Waals surface area (Å²) in [6.07, 6.45) is 1.68. The number of amides is 1. The van der Waals surface area contributed by atoms with Crippen LogP contribution in [0.5, 0.6) is 11.5 Å². The Morgan fingerprint density at radius 1 is 1.06 bits per heavy atom. The minimum Gasteiger partial charge on any atom is -0.454 e. The number of carbonyl (C=O) groups is 1. The minimum atomic E-state index is -0.125. The van der Waals surface area contributed by atoms with Gasteiger partial charge in [0.05, 0.1) is 11.6 Å². The maximum absolute atomic E-state index is 12.8. The molecule has 0 saturated carbocycles. The van der Waals surface area contributed by atoms with Crippen molar-refractivity contribution in [2.24, 2.45) is 0 Å². The molecule has 0 aliphatic carbocycles. The van der Waals surface area contributed by atoms with Crippen molar-refractivity contribution in [1.82, 2.24) is 30.2 Å². The largest absolute Gasteiger partial charge is 0.454 e. The summed E-state index contributed by atoms with van der Waals surface area (Å²) in [6, 6.07) is 12.8. The lowest BCUT2D eigenvalue weighted by atomic mass is 9.99. The molecule has 0 spiro atoms. The average molecular weight is 416 g/mol. The summed E-state index contributed by atoms with van der Waals surface area (Å²) in [6.45, 7) is 1.21. The van der Waals surface area contributed by atoms with Crippen molar-refractivity contribution < 1.29 is 18.8 Å². The molecule has 2 aliphatic heterocycles. The fourth-order valence-electron chi connectivity index (χ4n) is 3.61. The van der Waals surface area contributed by atoms with E-state index in [-0.39, 0.29) is 18.6 Å². The molecule has 5 heterocycles. The third kappa shape index (κ3) is 3.08. The molecule has 4 aromatic rings. The van der Waals surface area contributed by atoms with Crippen molar-refractivity contribution in [2.75, 3.05) is 19.9 Å². The summed E-state index contributed by atoms with van der Waals surface area (Å²) in [7, 11) is 0. The van der Waals surface area contributed by atoms with Crippen molar-refractivity contribution in [3.63, 3.8) is 0 Å². The molecular formula is C21H16N6O4. The second-order valence-corrected chi connectivity index (χ2v) is 7.31. The number of benzene rings is 1. The van der Waals surface area contributed by atoms with Gasteiger partial charge in [-0.05, 0) is 36.4 Å². The van der Waals surface area contributed by atoms with Crippen LogP contribution in [0.15, 0.2) is 53.2 Å². The zero-order chi connectivity index (χ0) is 20.8. The number of hydrogen-bond acceptors (Lipinski definition) is 8. The molecule has 2 aliphatic rings. The first-order chi connectivity index (χ1) is 15.2. The van der Waals surface area contributed by atoms with E-state index in [9.17, 15) is 4.79 Å². The van der Waals surface area contributed by atoms with Gasteiger partial charge in [0, 0.05) is 24.8 Å². The van der Waals surface area contributed by atoms with E-state index in [2.05, 4.69) is 25.3 Å². The Balaban J connectivity index is 1.12. The van der Waals surface area contributed by atoms with Gasteiger partial charge in [0.25, 0.3) is 5.91 Å². The number of fused-ring (bicyclic) bond motifs is 1. The Morgan fingerprint density at radius 2 is 1.97 bits per heavy atom. The Kier molecular flexibility index (Phi) is 3.95. The van der Waals surface area contributed by atoms with Gasteiger partial charge in [-0.3, -0.25) is 14.9 Å². The van der Waals surface area contributed by atoms with Gasteiger partial charge in [0.2, 0.25) is 18.5 Å². The summed E-state index contributed by atoms with van der Waals surface area (Å²) < 4.78 is 16.1. The molecule has 1 amide bonds. The molecule has 1 aromatic carbocycles. The first kappa shape index (κ1) is 17.6. The van der Waals surface area contributed by atoms with E-state index in [0.717, 1.165) is 5.56 Å². The first-order valence-corrected chi connectivity index (χ1v) is 9.74. The number of aromatic nitrogens is 5. The van der Waals surface area contributed by atoms with Crippen molar-refractivity contribution >= 4 is 5.91 Å². The third-order valence-corrected chi connectivity index (χ3v) is 5.33. The van der Waals surface area contributed by atoms with Gasteiger partial charge in [-0.2, -0.15) is 10.1 Å². The predicted molar refractivity (Wildman–Crippen MR) is 106 cm³/mol. The van der Waals surface area contributed by atoms with E-state index < -0.39 is 0 Å². The highest BCUT2D eigenvalue weighted by atomic mass is 16.7. The van der Waals surface area contributed by atoms with Crippen LogP contribution >= 0.6 is 0 Å². The van der Waals surface area contributed by atoms with E-state index in [0.29, 0.717) is 53.4 Å². The van der Waals surface area contributed by atoms with E-state index in [4.69, 9.17) is 14.0 Å². The van der Waals surface area contributed by atoms with E-state index >= 15 is 0 Å². The molecule has 0 bridgehead atoms. The highest BCUT2D eigenvalue weighted by molar-refractivity contribution is 5.94. The molecule has 0 atom stereocenters. The van der Waals surface area contributed by atoms with E-state index in [1.807, 2.05) is 36.4 Å². The molecule has 10 heteroatoms. The molecular weight excluding hydrogens is 400 g/mol. The van der Waals surface area contributed by atoms with Crippen molar-refractivity contribution in [3.05, 3.63) is 60.2 Å². The number of likely N-dealkylation sites (tertiary alicyclic amines) is 1. The molecule has 1 N–H and O–H groups in total. The summed E-state index contributed by atoms with van der Waals surface area (Å²) in [5, 5.41) is 11.1. The number of hydrogen-bond donors (Lipinski definition) is 1. The zero-order valence-corrected chi connectivity index (χ0v) is 16.2. The Morgan fingerprint density at radius 3 is 2.84 bits per heavy atom. The van der Waals surface area contributed by atoms with Gasteiger partial charge in [-0.1, -0.05) is 11.2 Å². The molecule has 0 radical (unpaired) electrons. The van der Waals surface area contributed by atoms with Crippen LogP contribution in [0.1, 0.15) is 22.3 Å². The molecule has 1 fully saturated rings. The SMILES string of the molecule is O=C(c1cc(-c2ccc3c(c2)OCO3)n[nH]1)N1CC(c2nc(-c3ccccn3)no2)C1. The third-order valence-electron chi connectivity index (χ3n) is 5.33. The summed E-state index contributed by atoms with van der Waals surface area (Å²) in [5.41, 5.74) is 2.58. The molecule has 154 valence electrons. The van der Waals surface area contributed by atoms with Crippen LogP contribution < -0.4 is 9.47 Å². The Labute approximate surface area is 175 Å². The van der Waals surface area contributed by atoms with Gasteiger partial charge < -0.3 is 18.9 Å². The van der Waals surface area contributed by atoms with Crippen LogP contribution in [0.25, 0.3) is 22.8 Å². The first-order valence-electron chi connectivity index (χ1n) is 9.74. The molecule has 10 nitrogen and oxygen atoms in total. The second-order valence-electron chi connectivity index (χ2n) is 7.31. The Bertz CT molecular complexity index is 1260. The van der Waals surface area contributed by atoms with Gasteiger partial charge in [0.15, 0.2) is 11.5 Å². The lowest BCUT2D eigenvalue weighted by Crippen LogP contribution is -2.48. The second kappa shape index (κ2) is 6.94. The smallest absolute Gasteiger partial charge is 0.271 e. The highest BCUT2D eigenvalue weighted by Crippen LogP contribution is 2.36. The van der Waals surface area contributed by atoms with Crippen LogP contribution in [0, 0.1) is 0 Å². The summed E-state index contributed by atoms with van der Waals surface area (Å²) >= 11 is 0. The van der Waals surface area contributed by atoms with Crippen molar-refractivity contribution in [3.8, 4) is 34.3 Å². The van der Waals surface area contributed by atoms with Crippen molar-refractivity contribution in [2.45, 2.75) is 5.92 Å². The van der Waals surface area contributed by atoms with Gasteiger partial charge in [0.1, 0.15) is 11.4 Å². The normalized spacial score (nSPS) is 15.2. The standard InChI is InChI=1S/C21H16N6O4/c28-21(16-8-15(24-25-16)12-4-5-17-18(7-12)30-11-29-17)27-9-13(10-27)20-23-19(26-31-20)14-3-1-2-6-22-14/h1-8,13H,9-11H2,(H,24,25). The van der Waals surface area contributed by atoms with Crippen LogP contribution in [-0.4, -0.2) is 56.0 Å². The highest BCUT2D eigenvalue weighted by Gasteiger charge is 2.36. The predicted octanol–water partition coefficient (Wildman–Crippen LogP) is 2.49. The molecule has 6 rings (SSSR count). The maximum Gasteiger partial charge on any atom is 0.271 e. The topological polar surface area (TPSA) is 119 Å². The molecule has 1 saturated heterocycles. The number of pyridine rings is 1. The summed E-state index contributed by atoms with van der Waals surface area (Å²) in [5.74, 6) is 2.21. The lowest BCUT2D eigenvalue weighted by molar-refractivity contribution is 0.0563. The molecule has 3 aromatic heterocycles. The monoisotopic (exact) mass is 416 g/mol. The fraction of sp³-hybridized carbons (Fsp3) is 0.190. The number of rotatable bonds is 4. The van der Waals surface area contributed by atoms with Crippen LogP contribution in [-0.2, 0) is 0 Å². The minimum absolute atomic E-state index is 0.00478. The van der Waals surface area contributed by atoms with Gasteiger partial charge in [-0.15, -0.1) is 0 Å². The lowest BCUT2D eigenvalue weighted by Gasteiger charge is -2.36. The number of aromatic amines is 1. The van der Waals surface area contributed by atoms with Crippen LogP contribution in [0.2, 0.25) is 0 Å². The van der Waals surface area contributed by atoms with E-state index in [1.54, 1.807) is 17.2 Å². The number of H-pyrrole nitrogens is 1. The van der Waals surface area contributed by atoms with Crippen molar-refractivity contribution in [1.29, 1.82) is 0 Å². The number of ether oxygens (including phenoxy) is 2. The molecule has 31 heavy (non-hydrogen) atoms. The number of nitrogens with one attached hydrogen (secondary N) is 1.